The lowest BCUT2D eigenvalue weighted by Crippen LogP contribution is -2.49. The Morgan fingerprint density at radius 3 is 2.31 bits per heavy atom. The summed E-state index contributed by atoms with van der Waals surface area (Å²) in [4.78, 5) is 28.2. The number of hydrogen-bond donors (Lipinski definition) is 0. The summed E-state index contributed by atoms with van der Waals surface area (Å²) in [6.07, 6.45) is 1.96. The van der Waals surface area contributed by atoms with Gasteiger partial charge in [0.2, 0.25) is 0 Å². The van der Waals surface area contributed by atoms with E-state index in [2.05, 4.69) is 4.90 Å². The second-order valence-corrected chi connectivity index (χ2v) is 8.72. The van der Waals surface area contributed by atoms with Crippen LogP contribution in [0.2, 0.25) is 0 Å². The summed E-state index contributed by atoms with van der Waals surface area (Å²) in [6.45, 7) is 4.41. The molecule has 0 saturated carbocycles. The smallest absolute Gasteiger partial charge is 0.272 e. The molecule has 9 nitrogen and oxygen atoms in total. The van der Waals surface area contributed by atoms with Crippen molar-refractivity contribution in [3.8, 4) is 17.1 Å². The van der Waals surface area contributed by atoms with E-state index in [4.69, 9.17) is 5.10 Å². The molecule has 35 heavy (non-hydrogen) atoms. The van der Waals surface area contributed by atoms with Crippen molar-refractivity contribution in [1.29, 1.82) is 0 Å². The van der Waals surface area contributed by atoms with Crippen LogP contribution in [0.1, 0.15) is 16.1 Å². The Hall–Kier alpha value is -4.40. The zero-order valence-corrected chi connectivity index (χ0v) is 19.7. The molecule has 0 aliphatic carbocycles. The average molecular weight is 471 g/mol. The van der Waals surface area contributed by atoms with Gasteiger partial charge in [0.25, 0.3) is 11.6 Å². The Bertz CT molecular complexity index is 1380. The number of nitrogens with zero attached hydrogens (tertiary/aromatic N) is 6. The third kappa shape index (κ3) is 4.40. The zero-order valence-electron chi connectivity index (χ0n) is 19.7. The molecular formula is C26H26N6O3. The summed E-state index contributed by atoms with van der Waals surface area (Å²) in [5.74, 6) is -0.0668. The highest BCUT2D eigenvalue weighted by Gasteiger charge is 2.27. The van der Waals surface area contributed by atoms with Gasteiger partial charge in [0.1, 0.15) is 11.4 Å². The van der Waals surface area contributed by atoms with Gasteiger partial charge in [-0.05, 0) is 55.0 Å². The monoisotopic (exact) mass is 470 g/mol. The SMILES string of the molecule is Cc1cccc(-n2nc(-c3cccn3C)cc2C(=O)N2CCN(c3ccc([N+](=O)[O-])cc3)CC2)c1. The number of anilines is 1. The predicted molar refractivity (Wildman–Crippen MR) is 134 cm³/mol. The minimum Gasteiger partial charge on any atom is -0.368 e. The van der Waals surface area contributed by atoms with Crippen LogP contribution in [0.4, 0.5) is 11.4 Å². The van der Waals surface area contributed by atoms with Gasteiger partial charge in [-0.2, -0.15) is 5.10 Å². The number of carbonyl (C=O) groups is 1. The van der Waals surface area contributed by atoms with Crippen molar-refractivity contribution in [2.24, 2.45) is 7.05 Å². The van der Waals surface area contributed by atoms with Crippen molar-refractivity contribution in [1.82, 2.24) is 19.2 Å². The quantitative estimate of drug-likeness (QED) is 0.324. The molecule has 0 atom stereocenters. The van der Waals surface area contributed by atoms with E-state index in [0.29, 0.717) is 31.9 Å². The molecule has 2 aromatic carbocycles. The first-order valence-electron chi connectivity index (χ1n) is 11.5. The standard InChI is InChI=1S/C26H26N6O3/c1-19-5-3-6-22(17-19)31-25(18-23(27-31)24-7-4-12-28(24)2)26(33)30-15-13-29(14-16-30)20-8-10-21(11-9-20)32(34)35/h3-12,17-18H,13-16H2,1-2H3. The lowest BCUT2D eigenvalue weighted by Gasteiger charge is -2.36. The van der Waals surface area contributed by atoms with Crippen LogP contribution in [0, 0.1) is 17.0 Å². The zero-order chi connectivity index (χ0) is 24.5. The third-order valence-corrected chi connectivity index (χ3v) is 6.37. The molecule has 1 aliphatic heterocycles. The van der Waals surface area contributed by atoms with E-state index >= 15 is 0 Å². The van der Waals surface area contributed by atoms with Crippen molar-refractivity contribution < 1.29 is 9.72 Å². The van der Waals surface area contributed by atoms with E-state index in [-0.39, 0.29) is 11.6 Å². The maximum Gasteiger partial charge on any atom is 0.272 e. The normalized spacial score (nSPS) is 13.8. The van der Waals surface area contributed by atoms with E-state index in [1.165, 1.54) is 12.1 Å². The Morgan fingerprint density at radius 1 is 0.943 bits per heavy atom. The summed E-state index contributed by atoms with van der Waals surface area (Å²) in [5, 5.41) is 15.7. The number of piperazine rings is 1. The van der Waals surface area contributed by atoms with Gasteiger partial charge in [-0.1, -0.05) is 12.1 Å². The van der Waals surface area contributed by atoms with Gasteiger partial charge in [-0.3, -0.25) is 14.9 Å². The number of rotatable bonds is 5. The molecule has 1 fully saturated rings. The van der Waals surface area contributed by atoms with Crippen LogP contribution >= 0.6 is 0 Å². The molecule has 0 unspecified atom stereocenters. The summed E-state index contributed by atoms with van der Waals surface area (Å²) < 4.78 is 3.72. The highest BCUT2D eigenvalue weighted by molar-refractivity contribution is 5.94. The van der Waals surface area contributed by atoms with Gasteiger partial charge in [0.15, 0.2) is 0 Å². The maximum atomic E-state index is 13.7. The van der Waals surface area contributed by atoms with Crippen LogP contribution in [0.25, 0.3) is 17.1 Å². The molecule has 0 radical (unpaired) electrons. The number of nitro benzene ring substituents is 1. The molecule has 0 N–H and O–H groups in total. The average Bonchev–Trinajstić information content (AvgIpc) is 3.50. The molecule has 1 saturated heterocycles. The van der Waals surface area contributed by atoms with Crippen molar-refractivity contribution in [3.63, 3.8) is 0 Å². The number of aromatic nitrogens is 3. The first-order valence-corrected chi connectivity index (χ1v) is 11.5. The number of amides is 1. The molecule has 9 heteroatoms. The number of nitro groups is 1. The highest BCUT2D eigenvalue weighted by atomic mass is 16.6. The minimum atomic E-state index is -0.401. The number of carbonyl (C=O) groups excluding carboxylic acids is 1. The first kappa shape index (κ1) is 22.4. The summed E-state index contributed by atoms with van der Waals surface area (Å²) in [7, 11) is 1.96. The van der Waals surface area contributed by atoms with Crippen molar-refractivity contribution >= 4 is 17.3 Å². The molecule has 4 aromatic rings. The molecule has 1 aliphatic rings. The van der Waals surface area contributed by atoms with Crippen LogP contribution in [-0.2, 0) is 7.05 Å². The summed E-state index contributed by atoms with van der Waals surface area (Å²) >= 11 is 0. The Balaban J connectivity index is 1.39. The van der Waals surface area contributed by atoms with E-state index in [1.54, 1.807) is 16.8 Å². The second kappa shape index (κ2) is 9.09. The Kier molecular flexibility index (Phi) is 5.82. The number of non-ortho nitro benzene ring substituents is 1. The third-order valence-electron chi connectivity index (χ3n) is 6.37. The topological polar surface area (TPSA) is 89.4 Å². The van der Waals surface area contributed by atoms with Crippen LogP contribution < -0.4 is 4.90 Å². The van der Waals surface area contributed by atoms with Gasteiger partial charge in [0, 0.05) is 57.2 Å². The van der Waals surface area contributed by atoms with Gasteiger partial charge in [-0.25, -0.2) is 4.68 Å². The number of benzene rings is 2. The molecular weight excluding hydrogens is 444 g/mol. The molecule has 0 spiro atoms. The maximum absolute atomic E-state index is 13.7. The predicted octanol–water partition coefficient (Wildman–Crippen LogP) is 4.06. The van der Waals surface area contributed by atoms with Crippen LogP contribution in [0.5, 0.6) is 0 Å². The fourth-order valence-corrected chi connectivity index (χ4v) is 4.46. The fraction of sp³-hybridized carbons (Fsp3) is 0.231. The van der Waals surface area contributed by atoms with Crippen LogP contribution in [0.3, 0.4) is 0 Å². The minimum absolute atomic E-state index is 0.0668. The Labute approximate surface area is 203 Å². The molecule has 1 amide bonds. The first-order chi connectivity index (χ1) is 16.9. The molecule has 5 rings (SSSR count). The molecule has 3 heterocycles. The van der Waals surface area contributed by atoms with Gasteiger partial charge < -0.3 is 14.4 Å². The summed E-state index contributed by atoms with van der Waals surface area (Å²) in [5.41, 5.74) is 5.13. The lowest BCUT2D eigenvalue weighted by molar-refractivity contribution is -0.384. The Morgan fingerprint density at radius 2 is 1.69 bits per heavy atom. The molecule has 0 bridgehead atoms. The molecule has 2 aromatic heterocycles. The van der Waals surface area contributed by atoms with E-state index in [0.717, 1.165) is 28.3 Å². The highest BCUT2D eigenvalue weighted by Crippen LogP contribution is 2.25. The van der Waals surface area contributed by atoms with Gasteiger partial charge in [-0.15, -0.1) is 0 Å². The largest absolute Gasteiger partial charge is 0.368 e. The van der Waals surface area contributed by atoms with Crippen molar-refractivity contribution in [2.45, 2.75) is 6.92 Å². The van der Waals surface area contributed by atoms with E-state index in [1.807, 2.05) is 72.1 Å². The van der Waals surface area contributed by atoms with E-state index in [9.17, 15) is 14.9 Å². The van der Waals surface area contributed by atoms with Gasteiger partial charge in [0.05, 0.1) is 16.3 Å². The number of aryl methyl sites for hydroxylation is 2. The van der Waals surface area contributed by atoms with Gasteiger partial charge >= 0.3 is 0 Å². The van der Waals surface area contributed by atoms with Crippen LogP contribution in [0.15, 0.2) is 72.9 Å². The summed E-state index contributed by atoms with van der Waals surface area (Å²) in [6, 6.07) is 20.3. The second-order valence-electron chi connectivity index (χ2n) is 8.72. The van der Waals surface area contributed by atoms with E-state index < -0.39 is 4.92 Å². The molecule has 178 valence electrons. The fourth-order valence-electron chi connectivity index (χ4n) is 4.46. The lowest BCUT2D eigenvalue weighted by atomic mass is 10.2. The van der Waals surface area contributed by atoms with Crippen molar-refractivity contribution in [2.75, 3.05) is 31.1 Å². The number of hydrogen-bond acceptors (Lipinski definition) is 5. The van der Waals surface area contributed by atoms with Crippen LogP contribution in [-0.4, -0.2) is 56.3 Å². The van der Waals surface area contributed by atoms with Crippen molar-refractivity contribution in [3.05, 3.63) is 94.3 Å².